The normalized spacial score (nSPS) is 35.7. The summed E-state index contributed by atoms with van der Waals surface area (Å²) in [5, 5.41) is 0. The Balaban J connectivity index is 1.77. The average molecular weight is 290 g/mol. The van der Waals surface area contributed by atoms with E-state index in [0.29, 0.717) is 30.8 Å². The van der Waals surface area contributed by atoms with Crippen LogP contribution in [0.1, 0.15) is 40.0 Å². The van der Waals surface area contributed by atoms with E-state index in [4.69, 9.17) is 9.47 Å². The first-order valence-corrected chi connectivity index (χ1v) is 8.12. The second-order valence-corrected chi connectivity index (χ2v) is 7.23. The highest BCUT2D eigenvalue weighted by Gasteiger charge is 2.45. The summed E-state index contributed by atoms with van der Waals surface area (Å²) < 4.78 is 11.1. The second-order valence-electron chi connectivity index (χ2n) is 7.23. The molecular weight excluding hydrogens is 264 g/mol. The molecular formula is C18H26O3. The quantitative estimate of drug-likeness (QED) is 0.746. The number of rotatable bonds is 3. The summed E-state index contributed by atoms with van der Waals surface area (Å²) >= 11 is 0. The van der Waals surface area contributed by atoms with Crippen LogP contribution in [0.3, 0.4) is 0 Å². The first-order chi connectivity index (χ1) is 9.99. The number of ketones is 1. The van der Waals surface area contributed by atoms with Crippen molar-refractivity contribution < 1.29 is 14.3 Å². The molecule has 3 rings (SSSR count). The van der Waals surface area contributed by atoms with Crippen molar-refractivity contribution in [3.63, 3.8) is 0 Å². The van der Waals surface area contributed by atoms with E-state index in [1.807, 2.05) is 6.08 Å². The Hall–Kier alpha value is -0.930. The number of fused-ring (bicyclic) bond motifs is 1. The minimum atomic E-state index is -0.0691. The lowest BCUT2D eigenvalue weighted by Gasteiger charge is -2.46. The van der Waals surface area contributed by atoms with Gasteiger partial charge in [0, 0.05) is 5.92 Å². The third-order valence-electron chi connectivity index (χ3n) is 5.51. The van der Waals surface area contributed by atoms with Crippen LogP contribution < -0.4 is 0 Å². The molecule has 1 heterocycles. The molecule has 0 N–H and O–H groups in total. The van der Waals surface area contributed by atoms with E-state index in [-0.39, 0.29) is 17.6 Å². The summed E-state index contributed by atoms with van der Waals surface area (Å²) in [5.41, 5.74) is 1.47. The van der Waals surface area contributed by atoms with Gasteiger partial charge in [0.25, 0.3) is 0 Å². The van der Waals surface area contributed by atoms with Gasteiger partial charge in [0.2, 0.25) is 0 Å². The predicted molar refractivity (Wildman–Crippen MR) is 81.7 cm³/mol. The standard InChI is InChI=1S/C18H26O3/c1-12-4-6-14-17(15(19)8-9-18(14,2)3)13(12)5-7-16-20-10-11-21-16/h4,8-9,13-14,16-17H,5-7,10-11H2,1-3H3/t13-,14-,17+/m1/s1. The molecule has 0 radical (unpaired) electrons. The van der Waals surface area contributed by atoms with Crippen molar-refractivity contribution in [2.45, 2.75) is 46.3 Å². The molecule has 1 aliphatic heterocycles. The van der Waals surface area contributed by atoms with E-state index >= 15 is 0 Å². The number of allylic oxidation sites excluding steroid dienone is 4. The summed E-state index contributed by atoms with van der Waals surface area (Å²) in [6, 6.07) is 0. The second kappa shape index (κ2) is 5.69. The molecule has 3 heteroatoms. The number of carbonyl (C=O) groups is 1. The van der Waals surface area contributed by atoms with Crippen LogP contribution in [0, 0.1) is 23.2 Å². The van der Waals surface area contributed by atoms with Gasteiger partial charge in [0.05, 0.1) is 13.2 Å². The Morgan fingerprint density at radius 2 is 1.95 bits per heavy atom. The Labute approximate surface area is 127 Å². The van der Waals surface area contributed by atoms with Crippen molar-refractivity contribution in [2.75, 3.05) is 13.2 Å². The molecule has 0 amide bonds. The first-order valence-electron chi connectivity index (χ1n) is 8.12. The van der Waals surface area contributed by atoms with E-state index in [1.165, 1.54) is 5.57 Å². The summed E-state index contributed by atoms with van der Waals surface area (Å²) in [6.07, 6.45) is 9.07. The van der Waals surface area contributed by atoms with Gasteiger partial charge in [-0.15, -0.1) is 0 Å². The molecule has 0 aromatic carbocycles. The van der Waals surface area contributed by atoms with Crippen molar-refractivity contribution in [1.29, 1.82) is 0 Å². The van der Waals surface area contributed by atoms with Gasteiger partial charge in [-0.05, 0) is 49.5 Å². The Morgan fingerprint density at radius 1 is 1.24 bits per heavy atom. The van der Waals surface area contributed by atoms with Crippen molar-refractivity contribution in [3.05, 3.63) is 23.8 Å². The molecule has 2 aliphatic carbocycles. The third kappa shape index (κ3) is 2.86. The van der Waals surface area contributed by atoms with E-state index in [0.717, 1.165) is 19.3 Å². The maximum atomic E-state index is 12.5. The SMILES string of the molecule is CC1=CC[C@@H]2[C@@H](C(=O)C=CC2(C)C)[C@@H]1CCC1OCCO1. The monoisotopic (exact) mass is 290 g/mol. The molecule has 116 valence electrons. The van der Waals surface area contributed by atoms with Crippen LogP contribution in [0.2, 0.25) is 0 Å². The lowest BCUT2D eigenvalue weighted by molar-refractivity contribution is -0.124. The van der Waals surface area contributed by atoms with E-state index in [9.17, 15) is 4.79 Å². The van der Waals surface area contributed by atoms with Gasteiger partial charge in [0.1, 0.15) is 0 Å². The molecule has 3 nitrogen and oxygen atoms in total. The topological polar surface area (TPSA) is 35.5 Å². The zero-order valence-corrected chi connectivity index (χ0v) is 13.3. The lowest BCUT2D eigenvalue weighted by Crippen LogP contribution is -2.43. The van der Waals surface area contributed by atoms with Crippen LogP contribution in [0.5, 0.6) is 0 Å². The van der Waals surface area contributed by atoms with Crippen molar-refractivity contribution in [3.8, 4) is 0 Å². The van der Waals surface area contributed by atoms with Gasteiger partial charge in [-0.2, -0.15) is 0 Å². The molecule has 0 saturated carbocycles. The summed E-state index contributed by atoms with van der Waals surface area (Å²) in [5.74, 6) is 1.21. The highest BCUT2D eigenvalue weighted by Crippen LogP contribution is 2.49. The Kier molecular flexibility index (Phi) is 4.06. The number of hydrogen-bond acceptors (Lipinski definition) is 3. The van der Waals surface area contributed by atoms with Crippen molar-refractivity contribution in [2.24, 2.45) is 23.2 Å². The maximum absolute atomic E-state index is 12.5. The number of hydrogen-bond donors (Lipinski definition) is 0. The van der Waals surface area contributed by atoms with Gasteiger partial charge in [-0.25, -0.2) is 0 Å². The number of ether oxygens (including phenoxy) is 2. The zero-order chi connectivity index (χ0) is 15.0. The van der Waals surface area contributed by atoms with Gasteiger partial charge in [-0.1, -0.05) is 31.6 Å². The summed E-state index contributed by atoms with van der Waals surface area (Å²) in [4.78, 5) is 12.5. The van der Waals surface area contributed by atoms with E-state index in [2.05, 4.69) is 32.9 Å². The van der Waals surface area contributed by atoms with Crippen molar-refractivity contribution >= 4 is 5.78 Å². The highest BCUT2D eigenvalue weighted by atomic mass is 16.7. The van der Waals surface area contributed by atoms with Crippen LogP contribution in [-0.4, -0.2) is 25.3 Å². The Bertz CT molecular complexity index is 469. The largest absolute Gasteiger partial charge is 0.350 e. The van der Waals surface area contributed by atoms with Gasteiger partial charge >= 0.3 is 0 Å². The molecule has 0 bridgehead atoms. The minimum Gasteiger partial charge on any atom is -0.350 e. The molecule has 0 spiro atoms. The first kappa shape index (κ1) is 15.0. The van der Waals surface area contributed by atoms with E-state index in [1.54, 1.807) is 0 Å². The fraction of sp³-hybridized carbons (Fsp3) is 0.722. The van der Waals surface area contributed by atoms with Crippen LogP contribution in [0.4, 0.5) is 0 Å². The third-order valence-corrected chi connectivity index (χ3v) is 5.51. The van der Waals surface area contributed by atoms with Gasteiger partial charge in [0.15, 0.2) is 12.1 Å². The smallest absolute Gasteiger partial charge is 0.159 e. The van der Waals surface area contributed by atoms with Crippen LogP contribution in [-0.2, 0) is 14.3 Å². The molecule has 1 fully saturated rings. The molecule has 3 atom stereocenters. The average Bonchev–Trinajstić information content (AvgIpc) is 2.95. The molecule has 0 aromatic heterocycles. The fourth-order valence-corrected chi connectivity index (χ4v) is 4.17. The van der Waals surface area contributed by atoms with Gasteiger partial charge in [-0.3, -0.25) is 4.79 Å². The van der Waals surface area contributed by atoms with E-state index < -0.39 is 0 Å². The lowest BCUT2D eigenvalue weighted by atomic mass is 9.58. The predicted octanol–water partition coefficient (Wildman–Crippen LogP) is 3.50. The van der Waals surface area contributed by atoms with Crippen LogP contribution in [0.25, 0.3) is 0 Å². The summed E-state index contributed by atoms with van der Waals surface area (Å²) in [6.45, 7) is 8.08. The molecule has 3 aliphatic rings. The summed E-state index contributed by atoms with van der Waals surface area (Å²) in [7, 11) is 0. The molecule has 0 unspecified atom stereocenters. The van der Waals surface area contributed by atoms with Crippen LogP contribution in [0.15, 0.2) is 23.8 Å². The minimum absolute atomic E-state index is 0.0691. The maximum Gasteiger partial charge on any atom is 0.159 e. The Morgan fingerprint density at radius 3 is 2.67 bits per heavy atom. The van der Waals surface area contributed by atoms with Crippen LogP contribution >= 0.6 is 0 Å². The van der Waals surface area contributed by atoms with Crippen molar-refractivity contribution in [1.82, 2.24) is 0 Å². The molecule has 1 saturated heterocycles. The molecule has 0 aromatic rings. The highest BCUT2D eigenvalue weighted by molar-refractivity contribution is 5.93. The van der Waals surface area contributed by atoms with Gasteiger partial charge < -0.3 is 9.47 Å². The zero-order valence-electron chi connectivity index (χ0n) is 13.3. The number of carbonyl (C=O) groups excluding carboxylic acids is 1. The fourth-order valence-electron chi connectivity index (χ4n) is 4.17. The molecule has 21 heavy (non-hydrogen) atoms.